The zero-order valence-corrected chi connectivity index (χ0v) is 22.9. The van der Waals surface area contributed by atoms with Gasteiger partial charge in [-0.1, -0.05) is 105 Å². The van der Waals surface area contributed by atoms with Gasteiger partial charge < -0.3 is 14.9 Å². The van der Waals surface area contributed by atoms with E-state index in [2.05, 4.69) is 63.2 Å². The maximum atomic E-state index is 13.2. The molecule has 200 valence electrons. The fourth-order valence-electron chi connectivity index (χ4n) is 7.21. The van der Waals surface area contributed by atoms with Crippen LogP contribution in [0.15, 0.2) is 72.8 Å². The van der Waals surface area contributed by atoms with Crippen LogP contribution in [0.25, 0.3) is 16.8 Å². The molecule has 4 nitrogen and oxygen atoms in total. The van der Waals surface area contributed by atoms with Crippen LogP contribution in [0.3, 0.4) is 0 Å². The van der Waals surface area contributed by atoms with Gasteiger partial charge in [0, 0.05) is 18.3 Å². The molecule has 0 saturated heterocycles. The smallest absolute Gasteiger partial charge is 0.308 e. The maximum absolute atomic E-state index is 13.2. The number of esters is 1. The lowest BCUT2D eigenvalue weighted by atomic mass is 9.64. The fourth-order valence-corrected chi connectivity index (χ4v) is 7.21. The Morgan fingerprint density at radius 1 is 1.03 bits per heavy atom. The molecular weight excluding hydrogens is 472 g/mol. The number of hydrogen-bond acceptors (Lipinski definition) is 4. The number of fused-ring (bicyclic) bond motifs is 3. The Kier molecular flexibility index (Phi) is 7.23. The first-order chi connectivity index (χ1) is 18.1. The third-order valence-corrected chi connectivity index (χ3v) is 9.72. The summed E-state index contributed by atoms with van der Waals surface area (Å²) in [6, 6.07) is 22.9. The summed E-state index contributed by atoms with van der Waals surface area (Å²) in [7, 11) is 0. The summed E-state index contributed by atoms with van der Waals surface area (Å²) in [5.74, 6) is -0.0403. The highest BCUT2D eigenvalue weighted by Gasteiger charge is 2.67. The molecule has 3 aromatic carbocycles. The van der Waals surface area contributed by atoms with Crippen molar-refractivity contribution in [1.29, 1.82) is 0 Å². The van der Waals surface area contributed by atoms with Crippen LogP contribution in [-0.2, 0) is 9.53 Å². The fraction of sp³-hybridized carbons (Fsp3) is 0.441. The Balaban J connectivity index is 1.30. The highest BCUT2D eigenvalue weighted by atomic mass is 16.5. The predicted molar refractivity (Wildman–Crippen MR) is 153 cm³/mol. The van der Waals surface area contributed by atoms with Crippen LogP contribution in [0.1, 0.15) is 69.1 Å². The molecule has 4 heteroatoms. The Morgan fingerprint density at radius 2 is 1.74 bits per heavy atom. The van der Waals surface area contributed by atoms with Crippen molar-refractivity contribution >= 4 is 22.8 Å². The second kappa shape index (κ2) is 10.3. The zero-order chi connectivity index (χ0) is 27.1. The molecule has 2 bridgehead atoms. The van der Waals surface area contributed by atoms with Gasteiger partial charge in [0.05, 0.1) is 18.6 Å². The maximum Gasteiger partial charge on any atom is 0.308 e. The summed E-state index contributed by atoms with van der Waals surface area (Å²) in [5.41, 5.74) is 3.43. The van der Waals surface area contributed by atoms with Crippen LogP contribution < -0.4 is 0 Å². The van der Waals surface area contributed by atoms with Gasteiger partial charge >= 0.3 is 5.97 Å². The summed E-state index contributed by atoms with van der Waals surface area (Å²) in [6.45, 7) is 9.03. The molecule has 2 aliphatic rings. The lowest BCUT2D eigenvalue weighted by Gasteiger charge is -2.40. The zero-order valence-electron chi connectivity index (χ0n) is 22.9. The standard InChI is InChI=1S/C34H40O4/c1-22-12-14-23(15-13-22)16-17-25(35)20-26(36)21-30(37)38-32-29-18-19-34(4,33(29,2)3)31(32)28-11-7-9-24-8-5-6-10-27(24)28/h5-17,25-26,29,31-32,35-36H,18-21H2,1-4H3/t25-,26-,29?,31?,32?,34-/m0/s1. The number of aliphatic hydroxyl groups is 2. The van der Waals surface area contributed by atoms with Gasteiger partial charge in [-0.15, -0.1) is 0 Å². The number of benzene rings is 3. The van der Waals surface area contributed by atoms with Gasteiger partial charge in [0.25, 0.3) is 0 Å². The molecule has 5 rings (SSSR count). The normalized spacial score (nSPS) is 27.6. The Labute approximate surface area is 226 Å². The van der Waals surface area contributed by atoms with E-state index < -0.39 is 18.2 Å². The van der Waals surface area contributed by atoms with E-state index in [0.29, 0.717) is 0 Å². The van der Waals surface area contributed by atoms with Gasteiger partial charge in [-0.05, 0) is 52.5 Å². The van der Waals surface area contributed by atoms with E-state index >= 15 is 0 Å². The van der Waals surface area contributed by atoms with Crippen molar-refractivity contribution in [2.45, 2.75) is 77.6 Å². The van der Waals surface area contributed by atoms with E-state index in [9.17, 15) is 15.0 Å². The quantitative estimate of drug-likeness (QED) is 0.325. The van der Waals surface area contributed by atoms with Crippen LogP contribution in [0, 0.1) is 23.7 Å². The molecule has 0 amide bonds. The third kappa shape index (κ3) is 4.81. The number of rotatable bonds is 8. The van der Waals surface area contributed by atoms with Crippen molar-refractivity contribution in [1.82, 2.24) is 0 Å². The van der Waals surface area contributed by atoms with Gasteiger partial charge in [-0.2, -0.15) is 0 Å². The van der Waals surface area contributed by atoms with E-state index in [1.54, 1.807) is 6.08 Å². The molecule has 38 heavy (non-hydrogen) atoms. The van der Waals surface area contributed by atoms with Crippen LogP contribution in [0.2, 0.25) is 0 Å². The molecular formula is C34H40O4. The van der Waals surface area contributed by atoms with Gasteiger partial charge in [-0.3, -0.25) is 4.79 Å². The number of aliphatic hydroxyl groups excluding tert-OH is 2. The van der Waals surface area contributed by atoms with Crippen molar-refractivity contribution in [3.05, 3.63) is 89.5 Å². The summed E-state index contributed by atoms with van der Waals surface area (Å²) < 4.78 is 6.26. The number of hydrogen-bond donors (Lipinski definition) is 2. The summed E-state index contributed by atoms with van der Waals surface area (Å²) >= 11 is 0. The molecule has 3 unspecified atom stereocenters. The van der Waals surface area contributed by atoms with Crippen LogP contribution >= 0.6 is 0 Å². The molecule has 3 aromatic rings. The van der Waals surface area contributed by atoms with Crippen LogP contribution in [0.4, 0.5) is 0 Å². The average molecular weight is 513 g/mol. The first kappa shape index (κ1) is 26.6. The molecule has 0 spiro atoms. The van der Waals surface area contributed by atoms with Crippen LogP contribution in [0.5, 0.6) is 0 Å². The largest absolute Gasteiger partial charge is 0.461 e. The van der Waals surface area contributed by atoms with Crippen molar-refractivity contribution in [2.75, 3.05) is 0 Å². The minimum absolute atomic E-state index is 0.00230. The summed E-state index contributed by atoms with van der Waals surface area (Å²) in [5, 5.41) is 23.4. The van der Waals surface area contributed by atoms with E-state index in [0.717, 1.165) is 18.4 Å². The highest BCUT2D eigenvalue weighted by molar-refractivity contribution is 5.86. The Morgan fingerprint density at radius 3 is 2.50 bits per heavy atom. The Hall–Kier alpha value is -2.95. The highest BCUT2D eigenvalue weighted by Crippen LogP contribution is 2.72. The molecule has 2 fully saturated rings. The van der Waals surface area contributed by atoms with E-state index in [1.165, 1.54) is 21.9 Å². The van der Waals surface area contributed by atoms with Crippen molar-refractivity contribution < 1.29 is 19.7 Å². The SMILES string of the molecule is Cc1ccc(C=C[C@H](O)C[C@H](O)CC(=O)OC2C3CC[C@@](C)(C2c2cccc4ccccc24)C3(C)C)cc1. The van der Waals surface area contributed by atoms with Gasteiger partial charge in [0.15, 0.2) is 0 Å². The summed E-state index contributed by atoms with van der Waals surface area (Å²) in [4.78, 5) is 13.2. The lowest BCUT2D eigenvalue weighted by molar-refractivity contribution is -0.156. The van der Waals surface area contributed by atoms with Gasteiger partial charge in [-0.25, -0.2) is 0 Å². The molecule has 6 atom stereocenters. The lowest BCUT2D eigenvalue weighted by Crippen LogP contribution is -2.36. The van der Waals surface area contributed by atoms with E-state index in [1.807, 2.05) is 37.3 Å². The van der Waals surface area contributed by atoms with E-state index in [4.69, 9.17) is 4.74 Å². The Bertz CT molecular complexity index is 1320. The van der Waals surface area contributed by atoms with Crippen LogP contribution in [-0.4, -0.2) is 34.5 Å². The predicted octanol–water partition coefficient (Wildman–Crippen LogP) is 6.82. The second-order valence-electron chi connectivity index (χ2n) is 12.2. The molecule has 2 saturated carbocycles. The minimum Gasteiger partial charge on any atom is -0.461 e. The first-order valence-corrected chi connectivity index (χ1v) is 13.9. The van der Waals surface area contributed by atoms with Gasteiger partial charge in [0.1, 0.15) is 6.10 Å². The number of aryl methyl sites for hydroxylation is 1. The number of carbonyl (C=O) groups excluding carboxylic acids is 1. The monoisotopic (exact) mass is 512 g/mol. The molecule has 2 aliphatic carbocycles. The average Bonchev–Trinajstić information content (AvgIpc) is 3.20. The van der Waals surface area contributed by atoms with Gasteiger partial charge in [0.2, 0.25) is 0 Å². The third-order valence-electron chi connectivity index (χ3n) is 9.72. The molecule has 0 aliphatic heterocycles. The topological polar surface area (TPSA) is 66.8 Å². The first-order valence-electron chi connectivity index (χ1n) is 13.9. The van der Waals surface area contributed by atoms with E-state index in [-0.39, 0.29) is 41.6 Å². The molecule has 0 heterocycles. The summed E-state index contributed by atoms with van der Waals surface area (Å²) in [6.07, 6.45) is 3.54. The molecule has 0 radical (unpaired) electrons. The molecule has 0 aromatic heterocycles. The number of carbonyl (C=O) groups is 1. The minimum atomic E-state index is -0.974. The number of ether oxygens (including phenoxy) is 1. The van der Waals surface area contributed by atoms with Crippen molar-refractivity contribution in [2.24, 2.45) is 16.7 Å². The second-order valence-corrected chi connectivity index (χ2v) is 12.2. The molecule has 2 N–H and O–H groups in total. The van der Waals surface area contributed by atoms with Crippen molar-refractivity contribution in [3.63, 3.8) is 0 Å². The van der Waals surface area contributed by atoms with Crippen molar-refractivity contribution in [3.8, 4) is 0 Å².